The third kappa shape index (κ3) is 2.27. The van der Waals surface area contributed by atoms with Crippen molar-refractivity contribution in [3.63, 3.8) is 0 Å². The van der Waals surface area contributed by atoms with Gasteiger partial charge < -0.3 is 10.4 Å². The molecule has 1 unspecified atom stereocenters. The maximum Gasteiger partial charge on any atom is 0.0431 e. The van der Waals surface area contributed by atoms with Crippen LogP contribution in [0.3, 0.4) is 0 Å². The fraction of sp³-hybridized carbons (Fsp3) is 1.00. The molecule has 0 aromatic rings. The molecule has 2 N–H and O–H groups in total. The molecule has 1 aliphatic heterocycles. The largest absolute Gasteiger partial charge is 0.396 e. The number of aliphatic hydroxyl groups excluding tert-OH is 1. The first-order valence-electron chi connectivity index (χ1n) is 4.20. The van der Waals surface area contributed by atoms with E-state index in [0.29, 0.717) is 18.7 Å². The van der Waals surface area contributed by atoms with E-state index >= 15 is 0 Å². The van der Waals surface area contributed by atoms with Crippen molar-refractivity contribution in [1.82, 2.24) is 5.32 Å². The smallest absolute Gasteiger partial charge is 0.0431 e. The molecule has 1 aliphatic rings. The van der Waals surface area contributed by atoms with E-state index in [2.05, 4.69) is 12.2 Å². The van der Waals surface area contributed by atoms with Crippen molar-refractivity contribution in [3.05, 3.63) is 0 Å². The number of rotatable bonds is 3. The molecule has 1 saturated heterocycles. The highest BCUT2D eigenvalue weighted by Gasteiger charge is 2.18. The van der Waals surface area contributed by atoms with Gasteiger partial charge in [-0.1, -0.05) is 0 Å². The predicted octanol–water partition coefficient (Wildman–Crippen LogP) is 0.899. The van der Waals surface area contributed by atoms with Crippen LogP contribution in [0.2, 0.25) is 0 Å². The standard InChI is InChI=1S/C8H17NO/c1-7-4-5-8(9-7)3-2-6-10/h7-10H,2-6H2,1H3/t7-,8?/m1/s1. The molecule has 0 aromatic carbocycles. The van der Waals surface area contributed by atoms with Crippen LogP contribution in [0.25, 0.3) is 0 Å². The molecule has 0 radical (unpaired) electrons. The highest BCUT2D eigenvalue weighted by molar-refractivity contribution is 4.79. The molecule has 1 rings (SSSR count). The molecule has 0 saturated carbocycles. The van der Waals surface area contributed by atoms with E-state index in [1.807, 2.05) is 0 Å². The number of aliphatic hydroxyl groups is 1. The molecular formula is C8H17NO. The fourth-order valence-corrected chi connectivity index (χ4v) is 1.59. The Morgan fingerprint density at radius 2 is 2.30 bits per heavy atom. The minimum atomic E-state index is 0.340. The summed E-state index contributed by atoms with van der Waals surface area (Å²) in [5.74, 6) is 0. The van der Waals surface area contributed by atoms with Gasteiger partial charge >= 0.3 is 0 Å². The Morgan fingerprint density at radius 1 is 1.50 bits per heavy atom. The lowest BCUT2D eigenvalue weighted by Gasteiger charge is -2.09. The van der Waals surface area contributed by atoms with Crippen LogP contribution >= 0.6 is 0 Å². The van der Waals surface area contributed by atoms with Gasteiger partial charge in [0.2, 0.25) is 0 Å². The van der Waals surface area contributed by atoms with Gasteiger partial charge in [-0.3, -0.25) is 0 Å². The van der Waals surface area contributed by atoms with Crippen molar-refractivity contribution in [3.8, 4) is 0 Å². The molecule has 60 valence electrons. The summed E-state index contributed by atoms with van der Waals surface area (Å²) >= 11 is 0. The molecule has 10 heavy (non-hydrogen) atoms. The van der Waals surface area contributed by atoms with Crippen LogP contribution in [0, 0.1) is 0 Å². The summed E-state index contributed by atoms with van der Waals surface area (Å²) in [6.07, 6.45) is 4.68. The van der Waals surface area contributed by atoms with Gasteiger partial charge in [0.1, 0.15) is 0 Å². The van der Waals surface area contributed by atoms with Crippen LogP contribution < -0.4 is 5.32 Å². The summed E-state index contributed by atoms with van der Waals surface area (Å²) in [7, 11) is 0. The molecular weight excluding hydrogens is 126 g/mol. The molecule has 2 nitrogen and oxygen atoms in total. The first-order chi connectivity index (χ1) is 4.83. The Morgan fingerprint density at radius 3 is 2.80 bits per heavy atom. The number of hydrogen-bond acceptors (Lipinski definition) is 2. The Balaban J connectivity index is 2.06. The van der Waals surface area contributed by atoms with Crippen LogP contribution in [-0.2, 0) is 0 Å². The molecule has 0 spiro atoms. The van der Waals surface area contributed by atoms with Gasteiger partial charge in [-0.05, 0) is 32.6 Å². The Hall–Kier alpha value is -0.0800. The number of hydrogen-bond donors (Lipinski definition) is 2. The van der Waals surface area contributed by atoms with Gasteiger partial charge in [-0.25, -0.2) is 0 Å². The Kier molecular flexibility index (Phi) is 3.16. The van der Waals surface area contributed by atoms with Crippen molar-refractivity contribution in [1.29, 1.82) is 0 Å². The summed E-state index contributed by atoms with van der Waals surface area (Å²) in [5.41, 5.74) is 0. The van der Waals surface area contributed by atoms with Crippen LogP contribution in [0.5, 0.6) is 0 Å². The van der Waals surface area contributed by atoms with E-state index in [4.69, 9.17) is 5.11 Å². The van der Waals surface area contributed by atoms with Gasteiger partial charge in [0.15, 0.2) is 0 Å². The molecule has 0 amide bonds. The van der Waals surface area contributed by atoms with E-state index in [1.165, 1.54) is 12.8 Å². The maximum absolute atomic E-state index is 8.56. The first kappa shape index (κ1) is 8.02. The van der Waals surface area contributed by atoms with E-state index in [0.717, 1.165) is 12.8 Å². The topological polar surface area (TPSA) is 32.3 Å². The van der Waals surface area contributed by atoms with E-state index in [-0.39, 0.29) is 0 Å². The van der Waals surface area contributed by atoms with Crippen molar-refractivity contribution < 1.29 is 5.11 Å². The lowest BCUT2D eigenvalue weighted by atomic mass is 10.1. The summed E-state index contributed by atoms with van der Waals surface area (Å²) in [6, 6.07) is 1.38. The summed E-state index contributed by atoms with van der Waals surface area (Å²) < 4.78 is 0. The zero-order chi connectivity index (χ0) is 7.40. The highest BCUT2D eigenvalue weighted by atomic mass is 16.2. The van der Waals surface area contributed by atoms with Gasteiger partial charge in [-0.2, -0.15) is 0 Å². The minimum absolute atomic E-state index is 0.340. The second-order valence-corrected chi connectivity index (χ2v) is 3.21. The van der Waals surface area contributed by atoms with Crippen molar-refractivity contribution in [2.75, 3.05) is 6.61 Å². The molecule has 2 atom stereocenters. The lowest BCUT2D eigenvalue weighted by molar-refractivity contribution is 0.277. The molecule has 2 heteroatoms. The third-order valence-corrected chi connectivity index (χ3v) is 2.18. The quantitative estimate of drug-likeness (QED) is 0.615. The van der Waals surface area contributed by atoms with Gasteiger partial charge in [0.25, 0.3) is 0 Å². The van der Waals surface area contributed by atoms with Crippen molar-refractivity contribution in [2.24, 2.45) is 0 Å². The average Bonchev–Trinajstić information content (AvgIpc) is 2.31. The van der Waals surface area contributed by atoms with Crippen LogP contribution in [0.1, 0.15) is 32.6 Å². The average molecular weight is 143 g/mol. The van der Waals surface area contributed by atoms with E-state index in [9.17, 15) is 0 Å². The molecule has 1 heterocycles. The van der Waals surface area contributed by atoms with Crippen molar-refractivity contribution >= 4 is 0 Å². The Labute approximate surface area is 62.6 Å². The summed E-state index contributed by atoms with van der Waals surface area (Å²) in [6.45, 7) is 2.56. The van der Waals surface area contributed by atoms with E-state index < -0.39 is 0 Å². The number of nitrogens with one attached hydrogen (secondary N) is 1. The van der Waals surface area contributed by atoms with Crippen molar-refractivity contribution in [2.45, 2.75) is 44.7 Å². The molecule has 0 aliphatic carbocycles. The normalized spacial score (nSPS) is 33.0. The predicted molar refractivity (Wildman–Crippen MR) is 41.9 cm³/mol. The SMILES string of the molecule is C[C@@H]1CCC(CCCO)N1. The zero-order valence-electron chi connectivity index (χ0n) is 6.64. The molecule has 1 fully saturated rings. The van der Waals surface area contributed by atoms with Crippen LogP contribution in [0.4, 0.5) is 0 Å². The van der Waals surface area contributed by atoms with Crippen LogP contribution in [0.15, 0.2) is 0 Å². The minimum Gasteiger partial charge on any atom is -0.396 e. The highest BCUT2D eigenvalue weighted by Crippen LogP contribution is 2.15. The summed E-state index contributed by atoms with van der Waals surface area (Å²) in [5, 5.41) is 12.0. The lowest BCUT2D eigenvalue weighted by Crippen LogP contribution is -2.27. The fourth-order valence-electron chi connectivity index (χ4n) is 1.59. The van der Waals surface area contributed by atoms with Gasteiger partial charge in [0.05, 0.1) is 0 Å². The third-order valence-electron chi connectivity index (χ3n) is 2.18. The Bertz CT molecular complexity index is 95.3. The van der Waals surface area contributed by atoms with Crippen LogP contribution in [-0.4, -0.2) is 23.8 Å². The summed E-state index contributed by atoms with van der Waals surface area (Å²) in [4.78, 5) is 0. The monoisotopic (exact) mass is 143 g/mol. The first-order valence-corrected chi connectivity index (χ1v) is 4.20. The van der Waals surface area contributed by atoms with Gasteiger partial charge in [0, 0.05) is 18.7 Å². The second-order valence-electron chi connectivity index (χ2n) is 3.21. The second kappa shape index (κ2) is 3.94. The zero-order valence-corrected chi connectivity index (χ0v) is 6.64. The molecule has 0 aromatic heterocycles. The maximum atomic E-state index is 8.56. The molecule has 0 bridgehead atoms. The van der Waals surface area contributed by atoms with Gasteiger partial charge in [-0.15, -0.1) is 0 Å². The van der Waals surface area contributed by atoms with E-state index in [1.54, 1.807) is 0 Å².